The van der Waals surface area contributed by atoms with E-state index in [-0.39, 0.29) is 30.3 Å². The molecule has 0 atom stereocenters. The number of nitrogens with one attached hydrogen (secondary N) is 1. The van der Waals surface area contributed by atoms with Crippen LogP contribution in [0.2, 0.25) is 0 Å². The van der Waals surface area contributed by atoms with Crippen molar-refractivity contribution in [1.29, 1.82) is 0 Å². The lowest BCUT2D eigenvalue weighted by Gasteiger charge is -2.09. The summed E-state index contributed by atoms with van der Waals surface area (Å²) < 4.78 is 9.90. The zero-order chi connectivity index (χ0) is 13.4. The summed E-state index contributed by atoms with van der Waals surface area (Å²) in [4.78, 5) is 11.7. The number of phenols is 1. The third-order valence-corrected chi connectivity index (χ3v) is 2.23. The average molecular weight is 255 g/mol. The Hall–Kier alpha value is -1.79. The fraction of sp³-hybridized carbons (Fsp3) is 0.417. The molecule has 0 bridgehead atoms. The minimum Gasteiger partial charge on any atom is -0.504 e. The van der Waals surface area contributed by atoms with Gasteiger partial charge in [0.2, 0.25) is 0 Å². The van der Waals surface area contributed by atoms with Gasteiger partial charge in [0.15, 0.2) is 11.5 Å². The van der Waals surface area contributed by atoms with Gasteiger partial charge in [-0.25, -0.2) is 0 Å². The smallest absolute Gasteiger partial charge is 0.255 e. The Morgan fingerprint density at radius 3 is 2.83 bits per heavy atom. The van der Waals surface area contributed by atoms with Crippen molar-refractivity contribution >= 4 is 5.91 Å². The van der Waals surface area contributed by atoms with Crippen LogP contribution in [0.4, 0.5) is 0 Å². The summed E-state index contributed by atoms with van der Waals surface area (Å²) in [7, 11) is 1.42. The van der Waals surface area contributed by atoms with Crippen molar-refractivity contribution in [3.63, 3.8) is 0 Å². The van der Waals surface area contributed by atoms with Crippen LogP contribution in [0.1, 0.15) is 10.4 Å². The molecule has 0 aliphatic carbocycles. The summed E-state index contributed by atoms with van der Waals surface area (Å²) in [6.45, 7) is 0.789. The quantitative estimate of drug-likeness (QED) is 0.603. The van der Waals surface area contributed by atoms with Crippen LogP contribution in [0.25, 0.3) is 0 Å². The maximum atomic E-state index is 11.7. The lowest BCUT2D eigenvalue weighted by atomic mass is 10.1. The molecule has 0 aromatic heterocycles. The number of rotatable bonds is 7. The number of aromatic hydroxyl groups is 1. The normalized spacial score (nSPS) is 10.1. The number of phenolic OH excluding ortho intramolecular Hbond substituents is 1. The Kier molecular flexibility index (Phi) is 5.96. The minimum absolute atomic E-state index is 0.0510. The standard InChI is InChI=1S/C12H17NO5/c1-17-10-4-2-3-9(11(10)15)12(16)13-5-7-18-8-6-14/h2-4,14-15H,5-8H2,1H3,(H,13,16). The highest BCUT2D eigenvalue weighted by Gasteiger charge is 2.13. The van der Waals surface area contributed by atoms with E-state index in [1.807, 2.05) is 0 Å². The first kappa shape index (κ1) is 14.3. The maximum absolute atomic E-state index is 11.7. The molecule has 0 spiro atoms. The van der Waals surface area contributed by atoms with Crippen molar-refractivity contribution in [3.8, 4) is 11.5 Å². The zero-order valence-electron chi connectivity index (χ0n) is 10.2. The summed E-state index contributed by atoms with van der Waals surface area (Å²) in [6, 6.07) is 4.69. The highest BCUT2D eigenvalue weighted by molar-refractivity contribution is 5.97. The van der Waals surface area contributed by atoms with Crippen LogP contribution in [-0.2, 0) is 4.74 Å². The van der Waals surface area contributed by atoms with E-state index in [0.717, 1.165) is 0 Å². The van der Waals surface area contributed by atoms with E-state index < -0.39 is 5.91 Å². The van der Waals surface area contributed by atoms with Crippen LogP contribution in [0.15, 0.2) is 18.2 Å². The fourth-order valence-electron chi connectivity index (χ4n) is 1.37. The van der Waals surface area contributed by atoms with E-state index in [9.17, 15) is 9.90 Å². The number of aliphatic hydroxyl groups excluding tert-OH is 1. The van der Waals surface area contributed by atoms with E-state index in [0.29, 0.717) is 13.2 Å². The van der Waals surface area contributed by atoms with Crippen molar-refractivity contribution < 1.29 is 24.5 Å². The molecule has 0 saturated carbocycles. The molecule has 0 saturated heterocycles. The van der Waals surface area contributed by atoms with E-state index in [1.54, 1.807) is 12.1 Å². The monoisotopic (exact) mass is 255 g/mol. The van der Waals surface area contributed by atoms with Crippen molar-refractivity contribution in [3.05, 3.63) is 23.8 Å². The number of hydrogen-bond acceptors (Lipinski definition) is 5. The van der Waals surface area contributed by atoms with Gasteiger partial charge in [0, 0.05) is 6.54 Å². The van der Waals surface area contributed by atoms with Crippen LogP contribution in [0.3, 0.4) is 0 Å². The van der Waals surface area contributed by atoms with Gasteiger partial charge < -0.3 is 25.0 Å². The van der Waals surface area contributed by atoms with Gasteiger partial charge in [0.25, 0.3) is 5.91 Å². The van der Waals surface area contributed by atoms with E-state index in [4.69, 9.17) is 14.6 Å². The van der Waals surface area contributed by atoms with Crippen LogP contribution in [0, 0.1) is 0 Å². The molecule has 1 aromatic rings. The predicted molar refractivity (Wildman–Crippen MR) is 64.9 cm³/mol. The van der Waals surface area contributed by atoms with E-state index in [1.165, 1.54) is 13.2 Å². The predicted octanol–water partition coefficient (Wildman–Crippen LogP) is 0.139. The number of carbonyl (C=O) groups is 1. The Bertz CT molecular complexity index is 394. The summed E-state index contributed by atoms with van der Waals surface area (Å²) in [6.07, 6.45) is 0. The first-order valence-corrected chi connectivity index (χ1v) is 5.53. The molecule has 0 heterocycles. The topological polar surface area (TPSA) is 88.0 Å². The molecule has 0 aliphatic rings. The fourth-order valence-corrected chi connectivity index (χ4v) is 1.37. The molecule has 0 fully saturated rings. The summed E-state index contributed by atoms with van der Waals surface area (Å²) in [5.74, 6) is -0.341. The lowest BCUT2D eigenvalue weighted by Crippen LogP contribution is -2.27. The molecule has 6 heteroatoms. The van der Waals surface area contributed by atoms with Crippen molar-refractivity contribution in [1.82, 2.24) is 5.32 Å². The lowest BCUT2D eigenvalue weighted by molar-refractivity contribution is 0.0836. The van der Waals surface area contributed by atoms with Gasteiger partial charge in [-0.1, -0.05) is 6.07 Å². The third kappa shape index (κ3) is 3.90. The molecule has 1 rings (SSSR count). The highest BCUT2D eigenvalue weighted by Crippen LogP contribution is 2.28. The number of methoxy groups -OCH3 is 1. The van der Waals surface area contributed by atoms with Gasteiger partial charge in [0.05, 0.1) is 32.5 Å². The molecule has 0 unspecified atom stereocenters. The van der Waals surface area contributed by atoms with Crippen LogP contribution in [0.5, 0.6) is 11.5 Å². The Balaban J connectivity index is 2.51. The number of benzene rings is 1. The summed E-state index contributed by atoms with van der Waals surface area (Å²) in [5.41, 5.74) is 0.150. The van der Waals surface area contributed by atoms with Gasteiger partial charge in [-0.3, -0.25) is 4.79 Å². The van der Waals surface area contributed by atoms with Gasteiger partial charge >= 0.3 is 0 Å². The Morgan fingerprint density at radius 1 is 1.39 bits per heavy atom. The van der Waals surface area contributed by atoms with Gasteiger partial charge in [-0.2, -0.15) is 0 Å². The second kappa shape index (κ2) is 7.52. The minimum atomic E-state index is -0.404. The second-order valence-corrected chi connectivity index (χ2v) is 3.45. The van der Waals surface area contributed by atoms with Gasteiger partial charge in [0.1, 0.15) is 0 Å². The number of hydrogen-bond donors (Lipinski definition) is 3. The maximum Gasteiger partial charge on any atom is 0.255 e. The number of para-hydroxylation sites is 1. The third-order valence-electron chi connectivity index (χ3n) is 2.23. The van der Waals surface area contributed by atoms with Crippen molar-refractivity contribution in [2.45, 2.75) is 0 Å². The second-order valence-electron chi connectivity index (χ2n) is 3.45. The molecule has 3 N–H and O–H groups in total. The molecule has 6 nitrogen and oxygen atoms in total. The molecule has 1 amide bonds. The summed E-state index contributed by atoms with van der Waals surface area (Å²) in [5, 5.41) is 20.8. The van der Waals surface area contributed by atoms with Crippen molar-refractivity contribution in [2.24, 2.45) is 0 Å². The Morgan fingerprint density at radius 2 is 2.17 bits per heavy atom. The SMILES string of the molecule is COc1cccc(C(=O)NCCOCCO)c1O. The Labute approximate surface area is 105 Å². The summed E-state index contributed by atoms with van der Waals surface area (Å²) >= 11 is 0. The van der Waals surface area contributed by atoms with Crippen LogP contribution < -0.4 is 10.1 Å². The molecular formula is C12H17NO5. The molecule has 0 aliphatic heterocycles. The zero-order valence-corrected chi connectivity index (χ0v) is 10.2. The molecular weight excluding hydrogens is 238 g/mol. The molecule has 0 radical (unpaired) electrons. The molecule has 18 heavy (non-hydrogen) atoms. The molecule has 1 aromatic carbocycles. The highest BCUT2D eigenvalue weighted by atomic mass is 16.5. The van der Waals surface area contributed by atoms with Crippen molar-refractivity contribution in [2.75, 3.05) is 33.5 Å². The van der Waals surface area contributed by atoms with Crippen LogP contribution in [-0.4, -0.2) is 49.6 Å². The van der Waals surface area contributed by atoms with Gasteiger partial charge in [-0.05, 0) is 12.1 Å². The number of carbonyl (C=O) groups excluding carboxylic acids is 1. The largest absolute Gasteiger partial charge is 0.504 e. The molecule has 100 valence electrons. The van der Waals surface area contributed by atoms with E-state index in [2.05, 4.69) is 5.32 Å². The van der Waals surface area contributed by atoms with E-state index >= 15 is 0 Å². The van der Waals surface area contributed by atoms with Gasteiger partial charge in [-0.15, -0.1) is 0 Å². The van der Waals surface area contributed by atoms with Crippen LogP contribution >= 0.6 is 0 Å². The first-order chi connectivity index (χ1) is 8.70. The average Bonchev–Trinajstić information content (AvgIpc) is 2.38. The number of ether oxygens (including phenoxy) is 2. The number of amides is 1. The first-order valence-electron chi connectivity index (χ1n) is 5.53. The number of aliphatic hydroxyl groups is 1.